The molecule has 0 amide bonds. The second-order valence-corrected chi connectivity index (χ2v) is 7.09. The zero-order valence-electron chi connectivity index (χ0n) is 17.0. The van der Waals surface area contributed by atoms with Crippen LogP contribution in [-0.4, -0.2) is 6.61 Å². The van der Waals surface area contributed by atoms with Crippen molar-refractivity contribution in [1.29, 1.82) is 0 Å². The molecule has 1 atom stereocenters. The molecule has 3 rings (SSSR count). The van der Waals surface area contributed by atoms with E-state index >= 15 is 0 Å². The average molecular weight is 400 g/mol. The molecular formula is C27H26FNO. The Balaban J connectivity index is 1.57. The van der Waals surface area contributed by atoms with Crippen LogP contribution in [0.3, 0.4) is 0 Å². The summed E-state index contributed by atoms with van der Waals surface area (Å²) in [5.41, 5.74) is 3.54. The monoisotopic (exact) mass is 399 g/mol. The fourth-order valence-electron chi connectivity index (χ4n) is 3.31. The van der Waals surface area contributed by atoms with Crippen molar-refractivity contribution < 1.29 is 9.13 Å². The molecule has 2 nitrogen and oxygen atoms in total. The highest BCUT2D eigenvalue weighted by Gasteiger charge is 2.10. The molecule has 1 unspecified atom stereocenters. The standard InChI is InChI=1S/C27H26FNO/c1-3-19-30-25-16-14-23(15-17-25)22(4-2)10-8-9-21-13-18-26(28)27(20-21)29-24-11-6-5-7-12-24/h2-3,5-7,11-18,20,22,29H,1,8-10,19H2. The molecule has 0 aliphatic rings. The van der Waals surface area contributed by atoms with E-state index < -0.39 is 0 Å². The molecule has 0 spiro atoms. The first kappa shape index (κ1) is 21.2. The lowest BCUT2D eigenvalue weighted by atomic mass is 9.93. The van der Waals surface area contributed by atoms with Crippen LogP contribution in [0.2, 0.25) is 0 Å². The summed E-state index contributed by atoms with van der Waals surface area (Å²) < 4.78 is 19.7. The van der Waals surface area contributed by atoms with Crippen LogP contribution >= 0.6 is 0 Å². The van der Waals surface area contributed by atoms with E-state index in [4.69, 9.17) is 11.2 Å². The van der Waals surface area contributed by atoms with Gasteiger partial charge in [0.05, 0.1) is 5.69 Å². The van der Waals surface area contributed by atoms with Crippen molar-refractivity contribution in [1.82, 2.24) is 0 Å². The number of benzene rings is 3. The zero-order chi connectivity index (χ0) is 21.2. The van der Waals surface area contributed by atoms with Gasteiger partial charge in [-0.05, 0) is 66.8 Å². The van der Waals surface area contributed by atoms with E-state index in [0.29, 0.717) is 12.3 Å². The lowest BCUT2D eigenvalue weighted by Gasteiger charge is -2.13. The van der Waals surface area contributed by atoms with Crippen molar-refractivity contribution in [3.05, 3.63) is 102 Å². The molecule has 3 heteroatoms. The number of para-hydroxylation sites is 1. The quantitative estimate of drug-likeness (QED) is 0.296. The number of ether oxygens (including phenoxy) is 1. The molecule has 3 aromatic carbocycles. The van der Waals surface area contributed by atoms with Gasteiger partial charge in [-0.3, -0.25) is 0 Å². The molecule has 152 valence electrons. The fourth-order valence-corrected chi connectivity index (χ4v) is 3.31. The molecule has 1 N–H and O–H groups in total. The third-order valence-corrected chi connectivity index (χ3v) is 4.89. The van der Waals surface area contributed by atoms with Gasteiger partial charge in [0.25, 0.3) is 0 Å². The van der Waals surface area contributed by atoms with Crippen molar-refractivity contribution in [3.63, 3.8) is 0 Å². The molecule has 0 bridgehead atoms. The summed E-state index contributed by atoms with van der Waals surface area (Å²) in [4.78, 5) is 0. The highest BCUT2D eigenvalue weighted by molar-refractivity contribution is 5.60. The Bertz CT molecular complexity index is 990. The van der Waals surface area contributed by atoms with E-state index in [2.05, 4.69) is 17.8 Å². The molecular weight excluding hydrogens is 373 g/mol. The summed E-state index contributed by atoms with van der Waals surface area (Å²) in [5, 5.41) is 3.14. The first-order valence-electron chi connectivity index (χ1n) is 10.1. The van der Waals surface area contributed by atoms with Gasteiger partial charge in [0, 0.05) is 11.6 Å². The van der Waals surface area contributed by atoms with Crippen LogP contribution < -0.4 is 10.1 Å². The second-order valence-electron chi connectivity index (χ2n) is 7.09. The lowest BCUT2D eigenvalue weighted by molar-refractivity contribution is 0.363. The first-order chi connectivity index (χ1) is 14.7. The maximum atomic E-state index is 14.2. The Labute approximate surface area is 178 Å². The van der Waals surface area contributed by atoms with Crippen LogP contribution in [0.4, 0.5) is 15.8 Å². The van der Waals surface area contributed by atoms with E-state index in [9.17, 15) is 4.39 Å². The van der Waals surface area contributed by atoms with E-state index in [1.807, 2.05) is 66.7 Å². The predicted molar refractivity (Wildman–Crippen MR) is 123 cm³/mol. The zero-order valence-corrected chi connectivity index (χ0v) is 17.0. The van der Waals surface area contributed by atoms with Crippen molar-refractivity contribution >= 4 is 11.4 Å². The van der Waals surface area contributed by atoms with E-state index in [1.54, 1.807) is 6.08 Å². The highest BCUT2D eigenvalue weighted by Crippen LogP contribution is 2.26. The Morgan fingerprint density at radius 3 is 2.53 bits per heavy atom. The van der Waals surface area contributed by atoms with Crippen LogP contribution in [0.5, 0.6) is 5.75 Å². The van der Waals surface area contributed by atoms with Gasteiger partial charge in [-0.2, -0.15) is 0 Å². The second kappa shape index (κ2) is 10.9. The van der Waals surface area contributed by atoms with Crippen LogP contribution in [0, 0.1) is 18.2 Å². The summed E-state index contributed by atoms with van der Waals surface area (Å²) in [7, 11) is 0. The molecule has 0 aliphatic carbocycles. The number of hydrogen-bond donors (Lipinski definition) is 1. The van der Waals surface area contributed by atoms with Gasteiger partial charge < -0.3 is 10.1 Å². The maximum absolute atomic E-state index is 14.2. The van der Waals surface area contributed by atoms with E-state index in [0.717, 1.165) is 41.8 Å². The molecule has 0 heterocycles. The van der Waals surface area contributed by atoms with Crippen LogP contribution in [0.15, 0.2) is 85.5 Å². The number of nitrogens with one attached hydrogen (secondary N) is 1. The van der Waals surface area contributed by atoms with Crippen LogP contribution in [0.25, 0.3) is 0 Å². The third-order valence-electron chi connectivity index (χ3n) is 4.89. The minimum atomic E-state index is -0.261. The van der Waals surface area contributed by atoms with Gasteiger partial charge >= 0.3 is 0 Å². The van der Waals surface area contributed by atoms with Crippen molar-refractivity contribution in [3.8, 4) is 18.1 Å². The fraction of sp³-hybridized carbons (Fsp3) is 0.185. The predicted octanol–water partition coefficient (Wildman–Crippen LogP) is 6.87. The topological polar surface area (TPSA) is 21.3 Å². The normalized spacial score (nSPS) is 11.3. The van der Waals surface area contributed by atoms with Gasteiger partial charge in [0.15, 0.2) is 0 Å². The Hall–Kier alpha value is -3.51. The largest absolute Gasteiger partial charge is 0.490 e. The number of rotatable bonds is 10. The highest BCUT2D eigenvalue weighted by atomic mass is 19.1. The maximum Gasteiger partial charge on any atom is 0.146 e. The van der Waals surface area contributed by atoms with Gasteiger partial charge in [-0.25, -0.2) is 4.39 Å². The number of hydrogen-bond acceptors (Lipinski definition) is 2. The van der Waals surface area contributed by atoms with Gasteiger partial charge in [0.2, 0.25) is 0 Å². The number of halogens is 1. The Morgan fingerprint density at radius 1 is 1.07 bits per heavy atom. The summed E-state index contributed by atoms with van der Waals surface area (Å²) in [5.74, 6) is 3.48. The van der Waals surface area contributed by atoms with E-state index in [-0.39, 0.29) is 11.7 Å². The molecule has 0 saturated heterocycles. The molecule has 0 aromatic heterocycles. The smallest absolute Gasteiger partial charge is 0.146 e. The average Bonchev–Trinajstić information content (AvgIpc) is 2.78. The molecule has 0 radical (unpaired) electrons. The van der Waals surface area contributed by atoms with Crippen molar-refractivity contribution in [2.45, 2.75) is 25.2 Å². The molecule has 0 fully saturated rings. The third kappa shape index (κ3) is 5.99. The van der Waals surface area contributed by atoms with Crippen LogP contribution in [-0.2, 0) is 6.42 Å². The first-order valence-corrected chi connectivity index (χ1v) is 10.1. The minimum Gasteiger partial charge on any atom is -0.490 e. The van der Waals surface area contributed by atoms with Gasteiger partial charge in [0.1, 0.15) is 18.2 Å². The summed E-state index contributed by atoms with van der Waals surface area (Å²) in [6.07, 6.45) is 10.1. The molecule has 0 aliphatic heterocycles. The summed E-state index contributed by atoms with van der Waals surface area (Å²) >= 11 is 0. The van der Waals surface area contributed by atoms with Gasteiger partial charge in [-0.15, -0.1) is 6.42 Å². The summed E-state index contributed by atoms with van der Waals surface area (Å²) in [6, 6.07) is 22.7. The number of terminal acetylenes is 1. The van der Waals surface area contributed by atoms with Crippen molar-refractivity contribution in [2.75, 3.05) is 11.9 Å². The molecule has 30 heavy (non-hydrogen) atoms. The molecule has 3 aromatic rings. The lowest BCUT2D eigenvalue weighted by Crippen LogP contribution is -1.99. The van der Waals surface area contributed by atoms with Gasteiger partial charge in [-0.1, -0.05) is 55.0 Å². The number of anilines is 2. The summed E-state index contributed by atoms with van der Waals surface area (Å²) in [6.45, 7) is 4.13. The Morgan fingerprint density at radius 2 is 1.83 bits per heavy atom. The Kier molecular flexibility index (Phi) is 7.69. The minimum absolute atomic E-state index is 0.0424. The van der Waals surface area contributed by atoms with Crippen molar-refractivity contribution in [2.24, 2.45) is 0 Å². The SMILES string of the molecule is C#CC(CCCc1ccc(F)c(Nc2ccccc2)c1)c1ccc(OCC=C)cc1. The van der Waals surface area contributed by atoms with Crippen LogP contribution in [0.1, 0.15) is 29.9 Å². The van der Waals surface area contributed by atoms with E-state index in [1.165, 1.54) is 6.07 Å². The number of aryl methyl sites for hydroxylation is 1. The molecule has 0 saturated carbocycles.